The van der Waals surface area contributed by atoms with Crippen molar-refractivity contribution in [2.75, 3.05) is 0 Å². The number of carbonyl (C=O) groups excluding carboxylic acids is 1. The predicted molar refractivity (Wildman–Crippen MR) is 69.0 cm³/mol. The molecule has 2 aromatic carbocycles. The summed E-state index contributed by atoms with van der Waals surface area (Å²) in [4.78, 5) is 10.8. The minimum atomic E-state index is 0.198. The summed E-state index contributed by atoms with van der Waals surface area (Å²) in [7, 11) is 0. The van der Waals surface area contributed by atoms with Crippen LogP contribution in [0.4, 0.5) is 0 Å². The number of hydrogen-bond donors (Lipinski definition) is 1. The van der Waals surface area contributed by atoms with Crippen molar-refractivity contribution < 1.29 is 14.6 Å². The van der Waals surface area contributed by atoms with Crippen LogP contribution in [0.15, 0.2) is 42.5 Å². The Morgan fingerprint density at radius 3 is 2.78 bits per heavy atom. The highest BCUT2D eigenvalue weighted by Gasteiger charge is 2.05. The number of rotatable bonds is 4. The highest BCUT2D eigenvalue weighted by atomic mass is 16.5. The Morgan fingerprint density at radius 2 is 2.00 bits per heavy atom. The van der Waals surface area contributed by atoms with Crippen molar-refractivity contribution in [2.45, 2.75) is 13.5 Å². The topological polar surface area (TPSA) is 46.5 Å². The van der Waals surface area contributed by atoms with Crippen molar-refractivity contribution >= 4 is 6.29 Å². The second kappa shape index (κ2) is 5.36. The molecule has 0 fully saturated rings. The average Bonchev–Trinajstić information content (AvgIpc) is 2.40. The van der Waals surface area contributed by atoms with Gasteiger partial charge in [0.25, 0.3) is 0 Å². The molecule has 3 nitrogen and oxygen atoms in total. The van der Waals surface area contributed by atoms with Crippen LogP contribution in [-0.2, 0) is 6.61 Å². The lowest BCUT2D eigenvalue weighted by molar-refractivity contribution is 0.111. The normalized spacial score (nSPS) is 10.1. The third-order valence-electron chi connectivity index (χ3n) is 2.66. The van der Waals surface area contributed by atoms with E-state index >= 15 is 0 Å². The van der Waals surface area contributed by atoms with Gasteiger partial charge in [0.1, 0.15) is 18.1 Å². The summed E-state index contributed by atoms with van der Waals surface area (Å²) < 4.78 is 5.56. The first-order valence-electron chi connectivity index (χ1n) is 5.66. The number of aryl methyl sites for hydroxylation is 1. The first-order valence-corrected chi connectivity index (χ1v) is 5.66. The largest absolute Gasteiger partial charge is 0.508 e. The zero-order valence-corrected chi connectivity index (χ0v) is 10.1. The van der Waals surface area contributed by atoms with E-state index in [2.05, 4.69) is 0 Å². The number of ether oxygens (including phenoxy) is 1. The van der Waals surface area contributed by atoms with Crippen LogP contribution < -0.4 is 4.74 Å². The van der Waals surface area contributed by atoms with Gasteiger partial charge in [0, 0.05) is 5.56 Å². The van der Waals surface area contributed by atoms with E-state index in [4.69, 9.17) is 4.74 Å². The van der Waals surface area contributed by atoms with Gasteiger partial charge in [-0.25, -0.2) is 0 Å². The van der Waals surface area contributed by atoms with E-state index in [1.54, 1.807) is 30.3 Å². The van der Waals surface area contributed by atoms with Gasteiger partial charge >= 0.3 is 0 Å². The first kappa shape index (κ1) is 12.2. The number of phenols is 1. The number of aldehydes is 1. The van der Waals surface area contributed by atoms with Gasteiger partial charge in [-0.3, -0.25) is 4.79 Å². The molecule has 0 saturated carbocycles. The zero-order chi connectivity index (χ0) is 13.0. The van der Waals surface area contributed by atoms with Gasteiger partial charge in [0.05, 0.1) is 5.56 Å². The molecule has 0 bridgehead atoms. The molecule has 0 unspecified atom stereocenters. The summed E-state index contributed by atoms with van der Waals surface area (Å²) in [6.45, 7) is 2.18. The Labute approximate surface area is 106 Å². The number of phenolic OH excluding ortho intramolecular Hbond substituents is 1. The molecule has 0 amide bonds. The molecule has 0 aliphatic carbocycles. The number of para-hydroxylation sites is 1. The van der Waals surface area contributed by atoms with Gasteiger partial charge < -0.3 is 9.84 Å². The Kier molecular flexibility index (Phi) is 3.63. The van der Waals surface area contributed by atoms with E-state index in [0.717, 1.165) is 11.8 Å². The molecule has 0 aliphatic rings. The highest BCUT2D eigenvalue weighted by molar-refractivity contribution is 5.79. The lowest BCUT2D eigenvalue weighted by atomic mass is 10.1. The van der Waals surface area contributed by atoms with E-state index in [0.29, 0.717) is 16.9 Å². The summed E-state index contributed by atoms with van der Waals surface area (Å²) in [5.41, 5.74) is 2.26. The first-order chi connectivity index (χ1) is 8.70. The van der Waals surface area contributed by atoms with Gasteiger partial charge in [0.2, 0.25) is 0 Å². The second-order valence-corrected chi connectivity index (χ2v) is 4.08. The van der Waals surface area contributed by atoms with Crippen molar-refractivity contribution in [1.29, 1.82) is 0 Å². The Morgan fingerprint density at radius 1 is 1.22 bits per heavy atom. The second-order valence-electron chi connectivity index (χ2n) is 4.08. The molecule has 0 spiro atoms. The molecule has 0 aliphatic heterocycles. The molecule has 3 heteroatoms. The van der Waals surface area contributed by atoms with Gasteiger partial charge in [-0.1, -0.05) is 23.8 Å². The van der Waals surface area contributed by atoms with Crippen molar-refractivity contribution in [2.24, 2.45) is 0 Å². The molecular formula is C15H14O3. The maximum absolute atomic E-state index is 10.8. The Balaban J connectivity index is 2.16. The Hall–Kier alpha value is -2.29. The monoisotopic (exact) mass is 242 g/mol. The molecule has 0 aromatic heterocycles. The van der Waals surface area contributed by atoms with Gasteiger partial charge in [-0.05, 0) is 31.2 Å². The van der Waals surface area contributed by atoms with Crippen LogP contribution in [0.5, 0.6) is 11.5 Å². The number of hydrogen-bond acceptors (Lipinski definition) is 3. The maximum atomic E-state index is 10.8. The molecule has 92 valence electrons. The fourth-order valence-corrected chi connectivity index (χ4v) is 1.69. The quantitative estimate of drug-likeness (QED) is 0.838. The van der Waals surface area contributed by atoms with Crippen LogP contribution in [0.1, 0.15) is 21.5 Å². The minimum Gasteiger partial charge on any atom is -0.508 e. The molecule has 18 heavy (non-hydrogen) atoms. The summed E-state index contributed by atoms with van der Waals surface area (Å²) in [5, 5.41) is 9.69. The van der Waals surface area contributed by atoms with E-state index in [1.165, 1.54) is 0 Å². The van der Waals surface area contributed by atoms with Crippen molar-refractivity contribution in [3.05, 3.63) is 59.2 Å². The molecular weight excluding hydrogens is 228 g/mol. The Bertz CT molecular complexity index is 561. The van der Waals surface area contributed by atoms with Crippen LogP contribution in [-0.4, -0.2) is 11.4 Å². The molecule has 2 rings (SSSR count). The summed E-state index contributed by atoms with van der Waals surface area (Å²) in [6.07, 6.45) is 0.755. The van der Waals surface area contributed by atoms with Crippen LogP contribution in [0.3, 0.4) is 0 Å². The average molecular weight is 242 g/mol. The van der Waals surface area contributed by atoms with E-state index in [1.807, 2.05) is 19.1 Å². The van der Waals surface area contributed by atoms with Crippen LogP contribution in [0.25, 0.3) is 0 Å². The van der Waals surface area contributed by atoms with E-state index in [9.17, 15) is 9.90 Å². The van der Waals surface area contributed by atoms with Crippen LogP contribution in [0.2, 0.25) is 0 Å². The molecule has 0 heterocycles. The number of benzene rings is 2. The zero-order valence-electron chi connectivity index (χ0n) is 10.1. The lowest BCUT2D eigenvalue weighted by Gasteiger charge is -2.10. The highest BCUT2D eigenvalue weighted by Crippen LogP contribution is 2.22. The van der Waals surface area contributed by atoms with Crippen molar-refractivity contribution in [3.8, 4) is 11.5 Å². The third kappa shape index (κ3) is 2.69. The molecule has 0 atom stereocenters. The fourth-order valence-electron chi connectivity index (χ4n) is 1.69. The summed E-state index contributed by atoms with van der Waals surface area (Å²) in [6, 6.07) is 12.3. The third-order valence-corrected chi connectivity index (χ3v) is 2.66. The molecule has 0 saturated heterocycles. The van der Waals surface area contributed by atoms with Gasteiger partial charge in [0.15, 0.2) is 6.29 Å². The fraction of sp³-hybridized carbons (Fsp3) is 0.133. The van der Waals surface area contributed by atoms with Crippen LogP contribution in [0, 0.1) is 6.92 Å². The van der Waals surface area contributed by atoms with Gasteiger partial charge in [-0.15, -0.1) is 0 Å². The van der Waals surface area contributed by atoms with Crippen molar-refractivity contribution in [3.63, 3.8) is 0 Å². The molecule has 2 aromatic rings. The standard InChI is InChI=1S/C15H14O3/c1-11-6-7-14(17)13(8-11)10-18-15-5-3-2-4-12(15)9-16/h2-9,17H,10H2,1H3. The van der Waals surface area contributed by atoms with Crippen LogP contribution >= 0.6 is 0 Å². The smallest absolute Gasteiger partial charge is 0.153 e. The minimum absolute atomic E-state index is 0.198. The van der Waals surface area contributed by atoms with E-state index in [-0.39, 0.29) is 12.4 Å². The molecule has 1 N–H and O–H groups in total. The summed E-state index contributed by atoms with van der Waals surface area (Å²) in [5.74, 6) is 0.720. The van der Waals surface area contributed by atoms with Gasteiger partial charge in [-0.2, -0.15) is 0 Å². The molecule has 0 radical (unpaired) electrons. The lowest BCUT2D eigenvalue weighted by Crippen LogP contribution is -1.98. The maximum Gasteiger partial charge on any atom is 0.153 e. The SMILES string of the molecule is Cc1ccc(O)c(COc2ccccc2C=O)c1. The number of aromatic hydroxyl groups is 1. The number of carbonyl (C=O) groups is 1. The van der Waals surface area contributed by atoms with E-state index < -0.39 is 0 Å². The predicted octanol–water partition coefficient (Wildman–Crippen LogP) is 3.09. The summed E-state index contributed by atoms with van der Waals surface area (Å²) >= 11 is 0. The van der Waals surface area contributed by atoms with Crippen molar-refractivity contribution in [1.82, 2.24) is 0 Å².